The predicted octanol–water partition coefficient (Wildman–Crippen LogP) is 1.76. The van der Waals surface area contributed by atoms with Gasteiger partial charge in [0.1, 0.15) is 5.76 Å². The van der Waals surface area contributed by atoms with Gasteiger partial charge >= 0.3 is 0 Å². The molecule has 0 radical (unpaired) electrons. The minimum absolute atomic E-state index is 0.0272. The van der Waals surface area contributed by atoms with Crippen LogP contribution in [-0.2, 0) is 6.54 Å². The largest absolute Gasteiger partial charge is 0.468 e. The molecule has 3 aromatic rings. The summed E-state index contributed by atoms with van der Waals surface area (Å²) in [5.41, 5.74) is 3.04. The van der Waals surface area contributed by atoms with Crippen molar-refractivity contribution in [2.24, 2.45) is 0 Å². The van der Waals surface area contributed by atoms with Gasteiger partial charge in [0, 0.05) is 17.9 Å². The second-order valence-electron chi connectivity index (χ2n) is 5.06. The standard InChI is InChI=1S/C15H18N4O2/c1-10-6-11(2)19-12(8-17-15(19)18-10)7-16-13(9-20)14-4-3-5-21-14/h3-6,8,13,16,20H,7,9H2,1-2H3. The number of fused-ring (bicyclic) bond motifs is 1. The van der Waals surface area contributed by atoms with Gasteiger partial charge < -0.3 is 9.52 Å². The lowest BCUT2D eigenvalue weighted by Gasteiger charge is -2.14. The zero-order valence-electron chi connectivity index (χ0n) is 12.1. The molecule has 0 aliphatic heterocycles. The van der Waals surface area contributed by atoms with Gasteiger partial charge in [-0.15, -0.1) is 0 Å². The first-order valence-corrected chi connectivity index (χ1v) is 6.87. The second-order valence-corrected chi connectivity index (χ2v) is 5.06. The molecule has 0 saturated heterocycles. The Hall–Kier alpha value is -2.18. The molecular weight excluding hydrogens is 268 g/mol. The van der Waals surface area contributed by atoms with E-state index >= 15 is 0 Å². The average molecular weight is 286 g/mol. The van der Waals surface area contributed by atoms with Crippen molar-refractivity contribution in [3.05, 3.63) is 53.5 Å². The minimum atomic E-state index is -0.232. The number of furan rings is 1. The van der Waals surface area contributed by atoms with Gasteiger partial charge in [0.15, 0.2) is 0 Å². The van der Waals surface area contributed by atoms with Crippen LogP contribution in [0, 0.1) is 13.8 Å². The van der Waals surface area contributed by atoms with Crippen molar-refractivity contribution in [1.82, 2.24) is 19.7 Å². The van der Waals surface area contributed by atoms with Gasteiger partial charge in [-0.1, -0.05) is 0 Å². The third-order valence-electron chi connectivity index (χ3n) is 3.46. The Labute approximate surface area is 122 Å². The third-order valence-corrected chi connectivity index (χ3v) is 3.46. The summed E-state index contributed by atoms with van der Waals surface area (Å²) in [5, 5.41) is 12.7. The molecule has 2 N–H and O–H groups in total. The van der Waals surface area contributed by atoms with Crippen LogP contribution in [0.2, 0.25) is 0 Å². The van der Waals surface area contributed by atoms with Crippen molar-refractivity contribution in [2.45, 2.75) is 26.4 Å². The molecular formula is C15H18N4O2. The van der Waals surface area contributed by atoms with E-state index in [9.17, 15) is 5.11 Å². The fraction of sp³-hybridized carbons (Fsp3) is 0.333. The van der Waals surface area contributed by atoms with Crippen LogP contribution in [0.15, 0.2) is 35.1 Å². The lowest BCUT2D eigenvalue weighted by molar-refractivity contribution is 0.225. The van der Waals surface area contributed by atoms with E-state index in [0.717, 1.165) is 22.8 Å². The van der Waals surface area contributed by atoms with Crippen LogP contribution < -0.4 is 5.32 Å². The van der Waals surface area contributed by atoms with Gasteiger partial charge in [0.05, 0.1) is 30.8 Å². The number of aliphatic hydroxyl groups excluding tert-OH is 1. The van der Waals surface area contributed by atoms with Gasteiger partial charge in [-0.2, -0.15) is 0 Å². The molecule has 3 heterocycles. The zero-order chi connectivity index (χ0) is 14.8. The van der Waals surface area contributed by atoms with Gasteiger partial charge in [-0.05, 0) is 32.0 Å². The summed E-state index contributed by atoms with van der Waals surface area (Å²) in [6, 6.07) is 5.45. The Kier molecular flexibility index (Phi) is 3.72. The first kappa shape index (κ1) is 13.8. The summed E-state index contributed by atoms with van der Waals surface area (Å²) in [6.07, 6.45) is 3.41. The molecule has 110 valence electrons. The van der Waals surface area contributed by atoms with Crippen LogP contribution in [0.5, 0.6) is 0 Å². The van der Waals surface area contributed by atoms with Crippen molar-refractivity contribution in [3.63, 3.8) is 0 Å². The van der Waals surface area contributed by atoms with Crippen LogP contribution in [0.3, 0.4) is 0 Å². The zero-order valence-corrected chi connectivity index (χ0v) is 12.1. The summed E-state index contributed by atoms with van der Waals surface area (Å²) in [6.45, 7) is 4.53. The Morgan fingerprint density at radius 3 is 3.00 bits per heavy atom. The monoisotopic (exact) mass is 286 g/mol. The minimum Gasteiger partial charge on any atom is -0.468 e. The summed E-state index contributed by atoms with van der Waals surface area (Å²) in [7, 11) is 0. The van der Waals surface area contributed by atoms with Gasteiger partial charge in [0.2, 0.25) is 5.78 Å². The highest BCUT2D eigenvalue weighted by Crippen LogP contribution is 2.15. The van der Waals surface area contributed by atoms with Crippen LogP contribution in [-0.4, -0.2) is 26.1 Å². The lowest BCUT2D eigenvalue weighted by atomic mass is 10.2. The van der Waals surface area contributed by atoms with Crippen LogP contribution in [0.25, 0.3) is 5.78 Å². The highest BCUT2D eigenvalue weighted by molar-refractivity contribution is 5.35. The molecule has 0 amide bonds. The van der Waals surface area contributed by atoms with E-state index < -0.39 is 0 Å². The van der Waals surface area contributed by atoms with Gasteiger partial charge in [0.25, 0.3) is 0 Å². The van der Waals surface area contributed by atoms with Gasteiger partial charge in [-0.3, -0.25) is 9.72 Å². The van der Waals surface area contributed by atoms with Crippen molar-refractivity contribution in [3.8, 4) is 0 Å². The molecule has 6 heteroatoms. The molecule has 3 aromatic heterocycles. The topological polar surface area (TPSA) is 75.6 Å². The number of rotatable bonds is 5. The van der Waals surface area contributed by atoms with Crippen molar-refractivity contribution in [2.75, 3.05) is 6.61 Å². The average Bonchev–Trinajstić information content (AvgIpc) is 3.09. The van der Waals surface area contributed by atoms with E-state index in [-0.39, 0.29) is 12.6 Å². The molecule has 0 fully saturated rings. The molecule has 0 spiro atoms. The summed E-state index contributed by atoms with van der Waals surface area (Å²) in [4.78, 5) is 8.74. The van der Waals surface area contributed by atoms with Gasteiger partial charge in [-0.25, -0.2) is 9.97 Å². The molecule has 6 nitrogen and oxygen atoms in total. The summed E-state index contributed by atoms with van der Waals surface area (Å²) < 4.78 is 7.34. The second kappa shape index (κ2) is 5.67. The highest BCUT2D eigenvalue weighted by atomic mass is 16.3. The van der Waals surface area contributed by atoms with E-state index in [1.165, 1.54) is 0 Å². The molecule has 1 atom stereocenters. The smallest absolute Gasteiger partial charge is 0.234 e. The predicted molar refractivity (Wildman–Crippen MR) is 77.8 cm³/mol. The molecule has 3 rings (SSSR count). The Balaban J connectivity index is 1.82. The molecule has 0 aromatic carbocycles. The van der Waals surface area contributed by atoms with Crippen LogP contribution >= 0.6 is 0 Å². The van der Waals surface area contributed by atoms with Crippen LogP contribution in [0.4, 0.5) is 0 Å². The van der Waals surface area contributed by atoms with Crippen molar-refractivity contribution >= 4 is 5.78 Å². The Morgan fingerprint density at radius 2 is 2.29 bits per heavy atom. The first-order valence-electron chi connectivity index (χ1n) is 6.87. The SMILES string of the molecule is Cc1cc(C)n2c(CNC(CO)c3ccco3)cnc2n1. The summed E-state index contributed by atoms with van der Waals surface area (Å²) >= 11 is 0. The van der Waals surface area contributed by atoms with Crippen LogP contribution in [0.1, 0.15) is 28.9 Å². The summed E-state index contributed by atoms with van der Waals surface area (Å²) in [5.74, 6) is 1.42. The number of hydrogen-bond donors (Lipinski definition) is 2. The molecule has 21 heavy (non-hydrogen) atoms. The number of nitrogens with one attached hydrogen (secondary N) is 1. The molecule has 1 unspecified atom stereocenters. The molecule has 0 aliphatic carbocycles. The van der Waals surface area contributed by atoms with E-state index in [2.05, 4.69) is 15.3 Å². The maximum Gasteiger partial charge on any atom is 0.234 e. The van der Waals surface area contributed by atoms with E-state index in [1.54, 1.807) is 12.5 Å². The third kappa shape index (κ3) is 2.68. The Bertz CT molecular complexity index is 734. The molecule has 0 bridgehead atoms. The number of aryl methyl sites for hydroxylation is 2. The maximum absolute atomic E-state index is 9.47. The van der Waals surface area contributed by atoms with Crippen molar-refractivity contribution in [1.29, 1.82) is 0 Å². The number of hydrogen-bond acceptors (Lipinski definition) is 5. The Morgan fingerprint density at radius 1 is 1.43 bits per heavy atom. The molecule has 0 saturated carbocycles. The van der Waals surface area contributed by atoms with E-state index in [4.69, 9.17) is 4.42 Å². The highest BCUT2D eigenvalue weighted by Gasteiger charge is 2.14. The quantitative estimate of drug-likeness (QED) is 0.747. The first-order chi connectivity index (χ1) is 10.2. The fourth-order valence-electron chi connectivity index (χ4n) is 2.49. The maximum atomic E-state index is 9.47. The van der Waals surface area contributed by atoms with E-state index in [1.807, 2.05) is 36.4 Å². The number of aromatic nitrogens is 3. The fourth-order valence-corrected chi connectivity index (χ4v) is 2.49. The number of aliphatic hydroxyl groups is 1. The normalized spacial score (nSPS) is 12.9. The van der Waals surface area contributed by atoms with E-state index in [0.29, 0.717) is 12.3 Å². The molecule has 0 aliphatic rings. The number of nitrogens with zero attached hydrogens (tertiary/aromatic N) is 3. The number of imidazole rings is 1. The lowest BCUT2D eigenvalue weighted by Crippen LogP contribution is -2.24. The van der Waals surface area contributed by atoms with Crippen molar-refractivity contribution < 1.29 is 9.52 Å².